The first-order valence-corrected chi connectivity index (χ1v) is 14.5. The molecular weight excluding hydrogens is 567 g/mol. The van der Waals surface area contributed by atoms with Crippen molar-refractivity contribution in [2.75, 3.05) is 32.6 Å². The fraction of sp³-hybridized carbons (Fsp3) is 0.375. The number of ether oxygens (including phenoxy) is 2. The van der Waals surface area contributed by atoms with Crippen LogP contribution in [0.5, 0.6) is 0 Å². The lowest BCUT2D eigenvalue weighted by atomic mass is 10.1. The molecule has 4 aromatic rings. The number of nitrogens with zero attached hydrogens (tertiary/aromatic N) is 4. The summed E-state index contributed by atoms with van der Waals surface area (Å²) in [5.41, 5.74) is 3.97. The van der Waals surface area contributed by atoms with Gasteiger partial charge in [0.25, 0.3) is 0 Å². The molecule has 232 valence electrons. The van der Waals surface area contributed by atoms with E-state index in [9.17, 15) is 19.1 Å². The Morgan fingerprint density at radius 2 is 1.91 bits per heavy atom. The van der Waals surface area contributed by atoms with Crippen LogP contribution >= 0.6 is 0 Å². The number of halogens is 1. The SMILES string of the molecule is CNCC(Cn1c(C)nc2cc(F)cc(-c3ccc(C)c(N[C@H]4C[C@@H](C(=O)O)N(C(=O)OCc5ccccc5)C4)n3)c21)OC. The monoisotopic (exact) mass is 604 g/mol. The predicted molar refractivity (Wildman–Crippen MR) is 164 cm³/mol. The highest BCUT2D eigenvalue weighted by atomic mass is 19.1. The summed E-state index contributed by atoms with van der Waals surface area (Å²) in [7, 11) is 3.50. The molecule has 2 aromatic heterocycles. The molecule has 0 bridgehead atoms. The molecular formula is C32H37FN6O5. The molecule has 1 aliphatic rings. The lowest BCUT2D eigenvalue weighted by molar-refractivity contribution is -0.141. The van der Waals surface area contributed by atoms with E-state index in [0.29, 0.717) is 35.7 Å². The molecule has 0 saturated carbocycles. The van der Waals surface area contributed by atoms with E-state index in [1.807, 2.05) is 67.9 Å². The van der Waals surface area contributed by atoms with Crippen molar-refractivity contribution in [1.29, 1.82) is 0 Å². The summed E-state index contributed by atoms with van der Waals surface area (Å²) in [4.78, 5) is 35.7. The smallest absolute Gasteiger partial charge is 0.410 e. The number of aromatic nitrogens is 3. The number of carboxylic acids is 1. The maximum absolute atomic E-state index is 14.9. The second-order valence-corrected chi connectivity index (χ2v) is 11.0. The molecule has 5 rings (SSSR count). The minimum absolute atomic E-state index is 0.0432. The molecule has 1 unspecified atom stereocenters. The Kier molecular flexibility index (Phi) is 9.40. The van der Waals surface area contributed by atoms with Gasteiger partial charge in [-0.25, -0.2) is 23.9 Å². The van der Waals surface area contributed by atoms with E-state index in [1.165, 1.54) is 17.0 Å². The number of nitrogens with one attached hydrogen (secondary N) is 2. The molecule has 44 heavy (non-hydrogen) atoms. The van der Waals surface area contributed by atoms with Gasteiger partial charge >= 0.3 is 12.1 Å². The van der Waals surface area contributed by atoms with Gasteiger partial charge in [-0.05, 0) is 44.2 Å². The van der Waals surface area contributed by atoms with Gasteiger partial charge in [-0.15, -0.1) is 0 Å². The number of hydrogen-bond donors (Lipinski definition) is 3. The largest absolute Gasteiger partial charge is 0.480 e. The lowest BCUT2D eigenvalue weighted by Gasteiger charge is -2.21. The van der Waals surface area contributed by atoms with Crippen LogP contribution in [-0.4, -0.2) is 82.0 Å². The Balaban J connectivity index is 1.40. The number of imidazole rings is 1. The highest BCUT2D eigenvalue weighted by Gasteiger charge is 2.41. The molecule has 3 N–H and O–H groups in total. The summed E-state index contributed by atoms with van der Waals surface area (Å²) in [5.74, 6) is -0.304. The number of likely N-dealkylation sites (tertiary alicyclic amines) is 1. The zero-order valence-electron chi connectivity index (χ0n) is 25.2. The number of pyridine rings is 1. The van der Waals surface area contributed by atoms with Gasteiger partial charge in [-0.1, -0.05) is 36.4 Å². The van der Waals surface area contributed by atoms with Crippen LogP contribution in [0.15, 0.2) is 54.6 Å². The second kappa shape index (κ2) is 13.4. The van der Waals surface area contributed by atoms with Crippen molar-refractivity contribution in [3.05, 3.63) is 77.4 Å². The van der Waals surface area contributed by atoms with Crippen molar-refractivity contribution in [3.63, 3.8) is 0 Å². The molecule has 2 aromatic carbocycles. The Morgan fingerprint density at radius 1 is 1.14 bits per heavy atom. The zero-order valence-corrected chi connectivity index (χ0v) is 25.2. The summed E-state index contributed by atoms with van der Waals surface area (Å²) < 4.78 is 27.9. The fourth-order valence-electron chi connectivity index (χ4n) is 5.62. The molecule has 11 nitrogen and oxygen atoms in total. The highest BCUT2D eigenvalue weighted by molar-refractivity contribution is 5.92. The normalized spacial score (nSPS) is 17.2. The first-order chi connectivity index (χ1) is 21.2. The number of hydrogen-bond acceptors (Lipinski definition) is 8. The first-order valence-electron chi connectivity index (χ1n) is 14.5. The van der Waals surface area contributed by atoms with Crippen molar-refractivity contribution in [3.8, 4) is 11.3 Å². The molecule has 12 heteroatoms. The number of fused-ring (bicyclic) bond motifs is 1. The molecule has 1 fully saturated rings. The molecule has 3 heterocycles. The summed E-state index contributed by atoms with van der Waals surface area (Å²) in [6.07, 6.45) is -0.660. The maximum atomic E-state index is 14.9. The molecule has 1 saturated heterocycles. The van der Waals surface area contributed by atoms with E-state index in [0.717, 1.165) is 22.5 Å². The summed E-state index contributed by atoms with van der Waals surface area (Å²) in [6.45, 7) is 5.05. The zero-order chi connectivity index (χ0) is 31.4. The van der Waals surface area contributed by atoms with Gasteiger partial charge in [-0.2, -0.15) is 0 Å². The number of anilines is 1. The summed E-state index contributed by atoms with van der Waals surface area (Å²) in [6, 6.07) is 14.3. The van der Waals surface area contributed by atoms with Crippen LogP contribution in [0.4, 0.5) is 15.0 Å². The fourth-order valence-corrected chi connectivity index (χ4v) is 5.62. The van der Waals surface area contributed by atoms with E-state index in [1.54, 1.807) is 7.11 Å². The lowest BCUT2D eigenvalue weighted by Crippen LogP contribution is -2.41. The number of likely N-dealkylation sites (N-methyl/N-ethyl adjacent to an activating group) is 1. The number of aryl methyl sites for hydroxylation is 2. The number of carbonyl (C=O) groups excluding carboxylic acids is 1. The average molecular weight is 605 g/mol. The van der Waals surface area contributed by atoms with Gasteiger partial charge in [0, 0.05) is 44.3 Å². The van der Waals surface area contributed by atoms with E-state index in [2.05, 4.69) is 15.6 Å². The number of rotatable bonds is 11. The molecule has 0 radical (unpaired) electrons. The van der Waals surface area contributed by atoms with Gasteiger partial charge in [-0.3, -0.25) is 4.90 Å². The summed E-state index contributed by atoms with van der Waals surface area (Å²) in [5, 5.41) is 16.3. The van der Waals surface area contributed by atoms with Gasteiger partial charge in [0.15, 0.2) is 0 Å². The number of benzene rings is 2. The average Bonchev–Trinajstić information content (AvgIpc) is 3.57. The van der Waals surface area contributed by atoms with Crippen LogP contribution in [-0.2, 0) is 27.4 Å². The first kappa shape index (κ1) is 30.9. The number of amides is 1. The highest BCUT2D eigenvalue weighted by Crippen LogP contribution is 2.32. The third kappa shape index (κ3) is 6.66. The van der Waals surface area contributed by atoms with Crippen molar-refractivity contribution in [2.45, 2.75) is 51.6 Å². The number of methoxy groups -OCH3 is 1. The van der Waals surface area contributed by atoms with E-state index in [4.69, 9.17) is 14.5 Å². The van der Waals surface area contributed by atoms with Gasteiger partial charge in [0.2, 0.25) is 0 Å². The number of carboxylic acid groups (broad SMARTS) is 1. The molecule has 1 amide bonds. The van der Waals surface area contributed by atoms with Crippen LogP contribution < -0.4 is 10.6 Å². The van der Waals surface area contributed by atoms with Crippen molar-refractivity contribution < 1.29 is 28.6 Å². The Labute approximate surface area is 255 Å². The van der Waals surface area contributed by atoms with Crippen LogP contribution in [0, 0.1) is 19.7 Å². The van der Waals surface area contributed by atoms with Crippen LogP contribution in [0.3, 0.4) is 0 Å². The van der Waals surface area contributed by atoms with Crippen molar-refractivity contribution in [1.82, 2.24) is 24.8 Å². The van der Waals surface area contributed by atoms with E-state index >= 15 is 0 Å². The predicted octanol–water partition coefficient (Wildman–Crippen LogP) is 4.36. The van der Waals surface area contributed by atoms with Crippen molar-refractivity contribution >= 4 is 28.9 Å². The van der Waals surface area contributed by atoms with E-state index in [-0.39, 0.29) is 25.7 Å². The molecule has 0 spiro atoms. The summed E-state index contributed by atoms with van der Waals surface area (Å²) >= 11 is 0. The molecule has 1 aliphatic heterocycles. The van der Waals surface area contributed by atoms with Gasteiger partial charge < -0.3 is 29.8 Å². The maximum Gasteiger partial charge on any atom is 0.410 e. The van der Waals surface area contributed by atoms with Crippen LogP contribution in [0.1, 0.15) is 23.4 Å². The van der Waals surface area contributed by atoms with Gasteiger partial charge in [0.05, 0.1) is 29.4 Å². The standard InChI is InChI=1S/C32H37FN6O5/c1-19-10-11-26(25-12-22(33)13-27-29(25)38(20(2)35-27)17-24(43-4)15-34-3)37-30(19)36-23-14-28(31(40)41)39(16-23)32(42)44-18-21-8-6-5-7-9-21/h5-13,23-24,28,34H,14-18H2,1-4H3,(H,36,37)(H,40,41)/t23-,24?,28-/m0/s1. The Hall–Kier alpha value is -4.55. The topological polar surface area (TPSA) is 131 Å². The molecule has 3 atom stereocenters. The quantitative estimate of drug-likeness (QED) is 0.229. The number of aliphatic carboxylic acids is 1. The number of carbonyl (C=O) groups is 2. The minimum Gasteiger partial charge on any atom is -0.480 e. The van der Waals surface area contributed by atoms with Crippen LogP contribution in [0.25, 0.3) is 22.3 Å². The molecule has 0 aliphatic carbocycles. The van der Waals surface area contributed by atoms with Crippen molar-refractivity contribution in [2.24, 2.45) is 0 Å². The van der Waals surface area contributed by atoms with Crippen LogP contribution in [0.2, 0.25) is 0 Å². The Morgan fingerprint density at radius 3 is 2.61 bits per heavy atom. The second-order valence-electron chi connectivity index (χ2n) is 11.0. The third-order valence-corrected chi connectivity index (χ3v) is 7.89. The van der Waals surface area contributed by atoms with Gasteiger partial charge in [0.1, 0.15) is 30.1 Å². The Bertz CT molecular complexity index is 1650. The van der Waals surface area contributed by atoms with E-state index < -0.39 is 30.0 Å². The third-order valence-electron chi connectivity index (χ3n) is 7.89. The minimum atomic E-state index is -1.11.